The van der Waals surface area contributed by atoms with Crippen LogP contribution < -0.4 is 14.8 Å². The molecule has 3 rings (SSSR count). The van der Waals surface area contributed by atoms with Gasteiger partial charge in [0.05, 0.1) is 25.1 Å². The summed E-state index contributed by atoms with van der Waals surface area (Å²) in [7, 11) is 1.67. The summed E-state index contributed by atoms with van der Waals surface area (Å²) in [6.07, 6.45) is 1.76. The molecule has 0 aliphatic heterocycles. The van der Waals surface area contributed by atoms with E-state index in [0.717, 1.165) is 39.5 Å². The van der Waals surface area contributed by atoms with Gasteiger partial charge in [0.1, 0.15) is 11.5 Å². The number of ether oxygens (including phenoxy) is 2. The number of fused-ring (bicyclic) bond motifs is 1. The van der Waals surface area contributed by atoms with Gasteiger partial charge in [-0.3, -0.25) is 0 Å². The minimum Gasteiger partial charge on any atom is -0.497 e. The summed E-state index contributed by atoms with van der Waals surface area (Å²) in [6, 6.07) is 9.88. The number of aromatic nitrogens is 2. The van der Waals surface area contributed by atoms with Crippen LogP contribution in [0.25, 0.3) is 11.0 Å². The molecule has 0 amide bonds. The summed E-state index contributed by atoms with van der Waals surface area (Å²) in [5.74, 6) is 1.63. The maximum Gasteiger partial charge on any atom is 0.161 e. The van der Waals surface area contributed by atoms with E-state index in [1.165, 1.54) is 0 Å². The van der Waals surface area contributed by atoms with Crippen molar-refractivity contribution in [1.82, 2.24) is 9.97 Å². The zero-order valence-corrected chi connectivity index (χ0v) is 14.4. The predicted molar refractivity (Wildman–Crippen MR) is 96.5 cm³/mol. The summed E-state index contributed by atoms with van der Waals surface area (Å²) in [5, 5.41) is 4.40. The Hall–Kier alpha value is -2.82. The van der Waals surface area contributed by atoms with Crippen molar-refractivity contribution in [2.75, 3.05) is 19.0 Å². The monoisotopic (exact) mass is 323 g/mol. The molecule has 0 unspecified atom stereocenters. The number of rotatable bonds is 5. The van der Waals surface area contributed by atoms with E-state index < -0.39 is 0 Å². The number of nitrogens with zero attached hydrogens (tertiary/aromatic N) is 2. The fourth-order valence-electron chi connectivity index (χ4n) is 2.60. The Morgan fingerprint density at radius 1 is 1.08 bits per heavy atom. The standard InChI is InChI=1S/C19H21N3O2/c1-5-24-18-11-15-17(8-9-20-19(15)21-13(18)3)22-16-7-6-14(23-4)10-12(16)2/h6-11H,5H2,1-4H3,(H,20,21,22). The lowest BCUT2D eigenvalue weighted by molar-refractivity contribution is 0.337. The lowest BCUT2D eigenvalue weighted by Gasteiger charge is -2.14. The second-order valence-corrected chi connectivity index (χ2v) is 5.54. The minimum atomic E-state index is 0.606. The number of hydrogen-bond acceptors (Lipinski definition) is 5. The van der Waals surface area contributed by atoms with Gasteiger partial charge < -0.3 is 14.8 Å². The van der Waals surface area contributed by atoms with Crippen molar-refractivity contribution >= 4 is 22.4 Å². The highest BCUT2D eigenvalue weighted by Crippen LogP contribution is 2.31. The molecule has 1 aromatic carbocycles. The molecule has 0 aliphatic carbocycles. The Morgan fingerprint density at radius 2 is 1.92 bits per heavy atom. The van der Waals surface area contributed by atoms with Crippen LogP contribution in [0.5, 0.6) is 11.5 Å². The minimum absolute atomic E-state index is 0.606. The molecule has 5 nitrogen and oxygen atoms in total. The fourth-order valence-corrected chi connectivity index (χ4v) is 2.60. The van der Waals surface area contributed by atoms with E-state index in [9.17, 15) is 0 Å². The third kappa shape index (κ3) is 3.11. The molecule has 24 heavy (non-hydrogen) atoms. The molecule has 0 fully saturated rings. The number of methoxy groups -OCH3 is 1. The van der Waals surface area contributed by atoms with E-state index in [1.807, 2.05) is 51.1 Å². The third-order valence-electron chi connectivity index (χ3n) is 3.88. The number of hydrogen-bond donors (Lipinski definition) is 1. The summed E-state index contributed by atoms with van der Waals surface area (Å²) < 4.78 is 10.9. The summed E-state index contributed by atoms with van der Waals surface area (Å²) in [5.41, 5.74) is 4.61. The number of benzene rings is 1. The van der Waals surface area contributed by atoms with Gasteiger partial charge in [0.2, 0.25) is 0 Å². The average Bonchev–Trinajstić information content (AvgIpc) is 2.58. The van der Waals surface area contributed by atoms with Gasteiger partial charge in [-0.2, -0.15) is 0 Å². The highest BCUT2D eigenvalue weighted by Gasteiger charge is 2.10. The lowest BCUT2D eigenvalue weighted by atomic mass is 10.1. The van der Waals surface area contributed by atoms with Crippen LogP contribution in [0.2, 0.25) is 0 Å². The van der Waals surface area contributed by atoms with E-state index in [2.05, 4.69) is 15.3 Å². The van der Waals surface area contributed by atoms with E-state index in [1.54, 1.807) is 13.3 Å². The van der Waals surface area contributed by atoms with Gasteiger partial charge in [-0.25, -0.2) is 9.97 Å². The molecule has 124 valence electrons. The van der Waals surface area contributed by atoms with Gasteiger partial charge in [-0.05, 0) is 56.7 Å². The number of pyridine rings is 2. The van der Waals surface area contributed by atoms with Crippen molar-refractivity contribution in [3.05, 3.63) is 47.8 Å². The first-order valence-electron chi connectivity index (χ1n) is 7.93. The SMILES string of the molecule is CCOc1cc2c(Nc3ccc(OC)cc3C)ccnc2nc1C. The fraction of sp³-hybridized carbons (Fsp3) is 0.263. The Kier molecular flexibility index (Phi) is 4.51. The van der Waals surface area contributed by atoms with Crippen LogP contribution in [-0.4, -0.2) is 23.7 Å². The molecule has 3 aromatic rings. The number of aryl methyl sites for hydroxylation is 2. The maximum atomic E-state index is 5.67. The number of nitrogens with one attached hydrogen (secondary N) is 1. The van der Waals surface area contributed by atoms with Gasteiger partial charge in [-0.1, -0.05) is 0 Å². The topological polar surface area (TPSA) is 56.3 Å². The Bertz CT molecular complexity index is 878. The van der Waals surface area contributed by atoms with Crippen LogP contribution in [0, 0.1) is 13.8 Å². The molecule has 5 heteroatoms. The van der Waals surface area contributed by atoms with Crippen molar-refractivity contribution in [2.24, 2.45) is 0 Å². The summed E-state index contributed by atoms with van der Waals surface area (Å²) in [4.78, 5) is 8.92. The zero-order valence-electron chi connectivity index (χ0n) is 14.4. The van der Waals surface area contributed by atoms with Crippen LogP contribution in [0.3, 0.4) is 0 Å². The largest absolute Gasteiger partial charge is 0.497 e. The molecule has 0 bridgehead atoms. The van der Waals surface area contributed by atoms with Crippen LogP contribution in [0.4, 0.5) is 11.4 Å². The quantitative estimate of drug-likeness (QED) is 0.754. The van der Waals surface area contributed by atoms with E-state index in [4.69, 9.17) is 9.47 Å². The van der Waals surface area contributed by atoms with Gasteiger partial charge >= 0.3 is 0 Å². The highest BCUT2D eigenvalue weighted by molar-refractivity contribution is 5.92. The van der Waals surface area contributed by atoms with Crippen LogP contribution in [0.1, 0.15) is 18.2 Å². The Labute approximate surface area is 141 Å². The molecule has 2 heterocycles. The van der Waals surface area contributed by atoms with Gasteiger partial charge in [0, 0.05) is 17.3 Å². The van der Waals surface area contributed by atoms with Crippen LogP contribution in [0.15, 0.2) is 36.5 Å². The van der Waals surface area contributed by atoms with Crippen LogP contribution in [-0.2, 0) is 0 Å². The Balaban J connectivity index is 2.04. The smallest absolute Gasteiger partial charge is 0.161 e. The van der Waals surface area contributed by atoms with E-state index >= 15 is 0 Å². The normalized spacial score (nSPS) is 10.7. The van der Waals surface area contributed by atoms with Crippen molar-refractivity contribution in [2.45, 2.75) is 20.8 Å². The highest BCUT2D eigenvalue weighted by atomic mass is 16.5. The van der Waals surface area contributed by atoms with Crippen molar-refractivity contribution in [1.29, 1.82) is 0 Å². The van der Waals surface area contributed by atoms with Crippen molar-refractivity contribution in [3.63, 3.8) is 0 Å². The molecule has 0 spiro atoms. The van der Waals surface area contributed by atoms with E-state index in [0.29, 0.717) is 12.3 Å². The van der Waals surface area contributed by atoms with Crippen LogP contribution >= 0.6 is 0 Å². The first-order valence-corrected chi connectivity index (χ1v) is 7.93. The molecule has 0 saturated carbocycles. The predicted octanol–water partition coefficient (Wildman–Crippen LogP) is 4.40. The van der Waals surface area contributed by atoms with Crippen molar-refractivity contribution < 1.29 is 9.47 Å². The molecule has 2 aromatic heterocycles. The molecule has 0 saturated heterocycles. The summed E-state index contributed by atoms with van der Waals surface area (Å²) >= 11 is 0. The average molecular weight is 323 g/mol. The lowest BCUT2D eigenvalue weighted by Crippen LogP contribution is -2.00. The molecule has 0 atom stereocenters. The number of anilines is 2. The third-order valence-corrected chi connectivity index (χ3v) is 3.88. The van der Waals surface area contributed by atoms with Gasteiger partial charge in [-0.15, -0.1) is 0 Å². The zero-order chi connectivity index (χ0) is 17.1. The molecule has 0 aliphatic rings. The maximum absolute atomic E-state index is 5.67. The molecule has 1 N–H and O–H groups in total. The second kappa shape index (κ2) is 6.74. The first kappa shape index (κ1) is 16.1. The van der Waals surface area contributed by atoms with Gasteiger partial charge in [0.25, 0.3) is 0 Å². The van der Waals surface area contributed by atoms with E-state index in [-0.39, 0.29) is 0 Å². The van der Waals surface area contributed by atoms with Gasteiger partial charge in [0.15, 0.2) is 5.65 Å². The molecular weight excluding hydrogens is 302 g/mol. The first-order chi connectivity index (χ1) is 11.6. The summed E-state index contributed by atoms with van der Waals surface area (Å²) in [6.45, 7) is 6.55. The Morgan fingerprint density at radius 3 is 2.62 bits per heavy atom. The molecule has 0 radical (unpaired) electrons. The van der Waals surface area contributed by atoms with Crippen molar-refractivity contribution in [3.8, 4) is 11.5 Å². The second-order valence-electron chi connectivity index (χ2n) is 5.54. The molecular formula is C19H21N3O2.